The molecule has 7 nitrogen and oxygen atoms in total. The Labute approximate surface area is 159 Å². The summed E-state index contributed by atoms with van der Waals surface area (Å²) >= 11 is 0. The zero-order valence-corrected chi connectivity index (χ0v) is 16.0. The zero-order valence-electron chi connectivity index (χ0n) is 16.0. The molecule has 144 valence electrons. The van der Waals surface area contributed by atoms with Crippen LogP contribution in [0.15, 0.2) is 36.7 Å². The Hall–Kier alpha value is -2.67. The number of nitrogens with zero attached hydrogens (tertiary/aromatic N) is 3. The first-order chi connectivity index (χ1) is 12.9. The van der Waals surface area contributed by atoms with Crippen molar-refractivity contribution in [1.29, 1.82) is 0 Å². The molecular weight excluding hydrogens is 344 g/mol. The highest BCUT2D eigenvalue weighted by Gasteiger charge is 2.33. The number of hydrogen-bond acceptors (Lipinski definition) is 6. The minimum atomic E-state index is -0.882. The highest BCUT2D eigenvalue weighted by Crippen LogP contribution is 2.33. The molecule has 2 aromatic rings. The first kappa shape index (κ1) is 19.1. The van der Waals surface area contributed by atoms with Crippen LogP contribution < -0.4 is 15.2 Å². The molecule has 0 unspecified atom stereocenters. The molecule has 2 N–H and O–H groups in total. The molecule has 1 aromatic heterocycles. The molecule has 0 aliphatic carbocycles. The molecule has 1 fully saturated rings. The summed E-state index contributed by atoms with van der Waals surface area (Å²) < 4.78 is 11.1. The lowest BCUT2D eigenvalue weighted by molar-refractivity contribution is -0.137. The fraction of sp³-hybridized carbons (Fsp3) is 0.450. The number of likely N-dealkylation sites (tertiary alicyclic amines) is 1. The summed E-state index contributed by atoms with van der Waals surface area (Å²) in [5.41, 5.74) is 5.88. The summed E-state index contributed by atoms with van der Waals surface area (Å²) in [6.45, 7) is 4.75. The van der Waals surface area contributed by atoms with Crippen LogP contribution >= 0.6 is 0 Å². The van der Waals surface area contributed by atoms with E-state index in [-0.39, 0.29) is 11.8 Å². The maximum Gasteiger partial charge on any atom is 0.242 e. The van der Waals surface area contributed by atoms with E-state index in [1.54, 1.807) is 33.4 Å². The highest BCUT2D eigenvalue weighted by molar-refractivity contribution is 5.85. The predicted octanol–water partition coefficient (Wildman–Crippen LogP) is 2.72. The number of amides is 1. The average Bonchev–Trinajstić information content (AvgIpc) is 2.68. The average molecular weight is 370 g/mol. The molecule has 0 saturated carbocycles. The van der Waals surface area contributed by atoms with Crippen molar-refractivity contribution in [1.82, 2.24) is 14.9 Å². The van der Waals surface area contributed by atoms with E-state index < -0.39 is 5.54 Å². The predicted molar refractivity (Wildman–Crippen MR) is 102 cm³/mol. The monoisotopic (exact) mass is 370 g/mol. The van der Waals surface area contributed by atoms with E-state index in [1.165, 1.54) is 0 Å². The summed E-state index contributed by atoms with van der Waals surface area (Å²) in [5, 5.41) is 0. The van der Waals surface area contributed by atoms with Gasteiger partial charge in [-0.3, -0.25) is 9.78 Å². The number of piperidine rings is 1. The first-order valence-corrected chi connectivity index (χ1v) is 9.09. The summed E-state index contributed by atoms with van der Waals surface area (Å²) in [4.78, 5) is 23.2. The molecule has 1 atom stereocenters. The summed E-state index contributed by atoms with van der Waals surface area (Å²) in [6.07, 6.45) is 5.08. The summed E-state index contributed by atoms with van der Waals surface area (Å²) in [6, 6.07) is 7.31. The minimum absolute atomic E-state index is 0.0475. The topological polar surface area (TPSA) is 90.6 Å². The van der Waals surface area contributed by atoms with Crippen molar-refractivity contribution in [3.63, 3.8) is 0 Å². The van der Waals surface area contributed by atoms with Gasteiger partial charge in [0.2, 0.25) is 11.8 Å². The van der Waals surface area contributed by atoms with E-state index in [0.29, 0.717) is 24.7 Å². The molecule has 1 amide bonds. The number of methoxy groups -OCH3 is 1. The zero-order chi connectivity index (χ0) is 19.4. The number of hydrogen-bond donors (Lipinski definition) is 1. The van der Waals surface area contributed by atoms with Crippen molar-refractivity contribution in [2.75, 3.05) is 20.2 Å². The maximum atomic E-state index is 12.6. The molecule has 3 rings (SSSR count). The standard InChI is InChI=1S/C20H26N4O3/c1-20(2,21)19(25)24-12-4-5-14(13-24)17-18(23-11-10-22-17)27-16-8-6-15(26-3)7-9-16/h6-11,14H,4-5,12-13,21H2,1-3H3/t14-/m0/s1. The number of aromatic nitrogens is 2. The van der Waals surface area contributed by atoms with Gasteiger partial charge in [0, 0.05) is 31.4 Å². The fourth-order valence-electron chi connectivity index (χ4n) is 3.24. The normalized spacial score (nSPS) is 17.5. The van der Waals surface area contributed by atoms with Gasteiger partial charge >= 0.3 is 0 Å². The smallest absolute Gasteiger partial charge is 0.242 e. The summed E-state index contributed by atoms with van der Waals surface area (Å²) in [5.74, 6) is 1.90. The molecule has 2 heterocycles. The molecule has 1 saturated heterocycles. The fourth-order valence-corrected chi connectivity index (χ4v) is 3.24. The number of benzene rings is 1. The number of carbonyl (C=O) groups is 1. The van der Waals surface area contributed by atoms with Crippen LogP contribution in [0.5, 0.6) is 17.4 Å². The third kappa shape index (κ3) is 4.54. The van der Waals surface area contributed by atoms with Crippen molar-refractivity contribution in [3.05, 3.63) is 42.4 Å². The lowest BCUT2D eigenvalue weighted by Gasteiger charge is -2.36. The SMILES string of the molecule is COc1ccc(Oc2nccnc2[C@H]2CCCN(C(=O)C(C)(C)N)C2)cc1. The van der Waals surface area contributed by atoms with Crippen LogP contribution in [0.2, 0.25) is 0 Å². The van der Waals surface area contributed by atoms with Gasteiger partial charge in [-0.15, -0.1) is 0 Å². The van der Waals surface area contributed by atoms with E-state index in [4.69, 9.17) is 15.2 Å². The Kier molecular flexibility index (Phi) is 5.60. The van der Waals surface area contributed by atoms with Crippen LogP contribution in [-0.4, -0.2) is 46.5 Å². The van der Waals surface area contributed by atoms with Gasteiger partial charge < -0.3 is 20.1 Å². The number of ether oxygens (including phenoxy) is 2. The highest BCUT2D eigenvalue weighted by atomic mass is 16.5. The molecule has 1 aromatic carbocycles. The van der Waals surface area contributed by atoms with Gasteiger partial charge in [0.25, 0.3) is 0 Å². The Balaban J connectivity index is 1.79. The Morgan fingerprint density at radius 2 is 1.85 bits per heavy atom. The van der Waals surface area contributed by atoms with Gasteiger partial charge in [-0.2, -0.15) is 0 Å². The van der Waals surface area contributed by atoms with Gasteiger partial charge in [-0.1, -0.05) is 0 Å². The van der Waals surface area contributed by atoms with Crippen molar-refractivity contribution >= 4 is 5.91 Å². The molecule has 0 radical (unpaired) electrons. The van der Waals surface area contributed by atoms with Crippen LogP contribution in [-0.2, 0) is 4.79 Å². The van der Waals surface area contributed by atoms with E-state index in [9.17, 15) is 4.79 Å². The largest absolute Gasteiger partial charge is 0.497 e. The second-order valence-electron chi connectivity index (χ2n) is 7.34. The Bertz CT molecular complexity index is 787. The van der Waals surface area contributed by atoms with Crippen molar-refractivity contribution in [2.24, 2.45) is 5.73 Å². The number of nitrogens with two attached hydrogens (primary N) is 1. The van der Waals surface area contributed by atoms with Gasteiger partial charge in [-0.05, 0) is 51.0 Å². The lowest BCUT2D eigenvalue weighted by atomic mass is 9.93. The van der Waals surface area contributed by atoms with Crippen molar-refractivity contribution in [2.45, 2.75) is 38.1 Å². The second kappa shape index (κ2) is 7.92. The third-order valence-electron chi connectivity index (χ3n) is 4.61. The van der Waals surface area contributed by atoms with Gasteiger partial charge in [-0.25, -0.2) is 4.98 Å². The molecule has 1 aliphatic heterocycles. The van der Waals surface area contributed by atoms with Crippen LogP contribution in [0.4, 0.5) is 0 Å². The lowest BCUT2D eigenvalue weighted by Crippen LogP contribution is -2.53. The number of rotatable bonds is 5. The van der Waals surface area contributed by atoms with Crippen LogP contribution in [0.3, 0.4) is 0 Å². The first-order valence-electron chi connectivity index (χ1n) is 9.09. The van der Waals surface area contributed by atoms with Gasteiger partial charge in [0.05, 0.1) is 12.6 Å². The van der Waals surface area contributed by atoms with Crippen molar-refractivity contribution in [3.8, 4) is 17.4 Å². The molecular formula is C20H26N4O3. The van der Waals surface area contributed by atoms with Crippen LogP contribution in [0.25, 0.3) is 0 Å². The molecule has 0 bridgehead atoms. The van der Waals surface area contributed by atoms with E-state index in [2.05, 4.69) is 9.97 Å². The van der Waals surface area contributed by atoms with Crippen LogP contribution in [0, 0.1) is 0 Å². The van der Waals surface area contributed by atoms with Gasteiger partial charge in [0.15, 0.2) is 0 Å². The van der Waals surface area contributed by atoms with Gasteiger partial charge in [0.1, 0.15) is 17.2 Å². The Morgan fingerprint density at radius 3 is 2.52 bits per heavy atom. The van der Waals surface area contributed by atoms with E-state index >= 15 is 0 Å². The van der Waals surface area contributed by atoms with E-state index in [0.717, 1.165) is 24.3 Å². The summed E-state index contributed by atoms with van der Waals surface area (Å²) in [7, 11) is 1.62. The molecule has 1 aliphatic rings. The molecule has 7 heteroatoms. The third-order valence-corrected chi connectivity index (χ3v) is 4.61. The van der Waals surface area contributed by atoms with E-state index in [1.807, 2.05) is 29.2 Å². The molecule has 0 spiro atoms. The maximum absolute atomic E-state index is 12.6. The minimum Gasteiger partial charge on any atom is -0.497 e. The van der Waals surface area contributed by atoms with Crippen molar-refractivity contribution < 1.29 is 14.3 Å². The Morgan fingerprint density at radius 1 is 1.19 bits per heavy atom. The molecule has 27 heavy (non-hydrogen) atoms. The van der Waals surface area contributed by atoms with Crippen LogP contribution in [0.1, 0.15) is 38.3 Å². The second-order valence-corrected chi connectivity index (χ2v) is 7.34. The number of carbonyl (C=O) groups excluding carboxylic acids is 1. The quantitative estimate of drug-likeness (QED) is 0.870.